The van der Waals surface area contributed by atoms with Crippen LogP contribution in [0.5, 0.6) is 0 Å². The van der Waals surface area contributed by atoms with E-state index in [4.69, 9.17) is 0 Å². The Bertz CT molecular complexity index is 288. The molecule has 2 amide bonds. The van der Waals surface area contributed by atoms with E-state index >= 15 is 0 Å². The second kappa shape index (κ2) is 6.48. The fourth-order valence-electron chi connectivity index (χ4n) is 2.22. The van der Waals surface area contributed by atoms with Gasteiger partial charge in [0.2, 0.25) is 0 Å². The van der Waals surface area contributed by atoms with Gasteiger partial charge >= 0.3 is 6.03 Å². The van der Waals surface area contributed by atoms with Crippen molar-refractivity contribution in [1.29, 1.82) is 5.26 Å². The van der Waals surface area contributed by atoms with E-state index in [1.165, 1.54) is 19.3 Å². The standard InChI is InChI=1S/C13H23N3O/c1-3-16(2)12(17)15-13(11-14)9-7-5-4-6-8-10-13/h3-10H2,1-2H3,(H,15,17). The van der Waals surface area contributed by atoms with Gasteiger partial charge in [-0.3, -0.25) is 0 Å². The lowest BCUT2D eigenvalue weighted by Crippen LogP contribution is -2.52. The third kappa shape index (κ3) is 3.92. The summed E-state index contributed by atoms with van der Waals surface area (Å²) in [7, 11) is 1.75. The molecular weight excluding hydrogens is 214 g/mol. The van der Waals surface area contributed by atoms with Crippen molar-refractivity contribution in [2.75, 3.05) is 13.6 Å². The zero-order valence-electron chi connectivity index (χ0n) is 11.0. The summed E-state index contributed by atoms with van der Waals surface area (Å²) in [5.74, 6) is 0. The Morgan fingerprint density at radius 3 is 2.29 bits per heavy atom. The van der Waals surface area contributed by atoms with Gasteiger partial charge in [0.25, 0.3) is 0 Å². The molecule has 4 nitrogen and oxygen atoms in total. The maximum absolute atomic E-state index is 11.9. The number of urea groups is 1. The Morgan fingerprint density at radius 2 is 1.82 bits per heavy atom. The molecule has 0 unspecified atom stereocenters. The molecule has 1 aliphatic carbocycles. The lowest BCUT2D eigenvalue weighted by atomic mass is 9.85. The van der Waals surface area contributed by atoms with Crippen molar-refractivity contribution >= 4 is 6.03 Å². The Kier molecular flexibility index (Phi) is 5.27. The molecule has 0 aromatic heterocycles. The zero-order valence-corrected chi connectivity index (χ0v) is 11.0. The number of amides is 2. The number of carbonyl (C=O) groups excluding carboxylic acids is 1. The normalized spacial score (nSPS) is 19.6. The van der Waals surface area contributed by atoms with Crippen LogP contribution < -0.4 is 5.32 Å². The average Bonchev–Trinajstić information content (AvgIpc) is 2.31. The number of nitrogens with zero attached hydrogens (tertiary/aromatic N) is 2. The average molecular weight is 237 g/mol. The van der Waals surface area contributed by atoms with Crippen molar-refractivity contribution in [1.82, 2.24) is 10.2 Å². The van der Waals surface area contributed by atoms with Crippen molar-refractivity contribution in [3.05, 3.63) is 0 Å². The minimum absolute atomic E-state index is 0.130. The first kappa shape index (κ1) is 13.8. The third-order valence-electron chi connectivity index (χ3n) is 3.59. The minimum Gasteiger partial charge on any atom is -0.328 e. The first-order valence-corrected chi connectivity index (χ1v) is 6.58. The maximum atomic E-state index is 11.9. The molecule has 1 fully saturated rings. The van der Waals surface area contributed by atoms with Gasteiger partial charge in [-0.25, -0.2) is 4.79 Å². The highest BCUT2D eigenvalue weighted by atomic mass is 16.2. The molecule has 0 aliphatic heterocycles. The molecule has 1 aliphatic rings. The summed E-state index contributed by atoms with van der Waals surface area (Å²) in [6.45, 7) is 2.59. The molecule has 0 bridgehead atoms. The highest BCUT2D eigenvalue weighted by Gasteiger charge is 2.32. The first-order chi connectivity index (χ1) is 8.13. The molecule has 0 aromatic rings. The Hall–Kier alpha value is -1.24. The van der Waals surface area contributed by atoms with Crippen molar-refractivity contribution in [2.45, 2.75) is 57.4 Å². The molecule has 0 radical (unpaired) electrons. The van der Waals surface area contributed by atoms with Gasteiger partial charge in [0.15, 0.2) is 0 Å². The summed E-state index contributed by atoms with van der Waals surface area (Å²) in [6.07, 6.45) is 7.23. The van der Waals surface area contributed by atoms with Gasteiger partial charge in [0.1, 0.15) is 5.54 Å². The van der Waals surface area contributed by atoms with Crippen LogP contribution in [0.25, 0.3) is 0 Å². The van der Waals surface area contributed by atoms with Crippen LogP contribution in [0.3, 0.4) is 0 Å². The summed E-state index contributed by atoms with van der Waals surface area (Å²) in [4.78, 5) is 13.5. The van der Waals surface area contributed by atoms with Crippen molar-refractivity contribution in [2.24, 2.45) is 0 Å². The Morgan fingerprint density at radius 1 is 1.29 bits per heavy atom. The van der Waals surface area contributed by atoms with Crippen LogP contribution in [-0.2, 0) is 0 Å². The van der Waals surface area contributed by atoms with Gasteiger partial charge in [-0.15, -0.1) is 0 Å². The van der Waals surface area contributed by atoms with E-state index in [0.29, 0.717) is 6.54 Å². The fraction of sp³-hybridized carbons (Fsp3) is 0.846. The molecule has 0 aromatic carbocycles. The lowest BCUT2D eigenvalue weighted by Gasteiger charge is -2.31. The largest absolute Gasteiger partial charge is 0.328 e. The number of nitriles is 1. The molecule has 0 saturated heterocycles. The van der Waals surface area contributed by atoms with Crippen LogP contribution in [0.2, 0.25) is 0 Å². The van der Waals surface area contributed by atoms with Gasteiger partial charge < -0.3 is 10.2 Å². The van der Waals surface area contributed by atoms with Gasteiger partial charge in [-0.1, -0.05) is 32.1 Å². The summed E-state index contributed by atoms with van der Waals surface area (Å²) in [5, 5.41) is 12.3. The molecule has 0 heterocycles. The van der Waals surface area contributed by atoms with E-state index in [1.807, 2.05) is 6.92 Å². The van der Waals surface area contributed by atoms with E-state index in [2.05, 4.69) is 11.4 Å². The molecule has 1 N–H and O–H groups in total. The van der Waals surface area contributed by atoms with Gasteiger partial charge in [-0.05, 0) is 19.8 Å². The third-order valence-corrected chi connectivity index (χ3v) is 3.59. The van der Waals surface area contributed by atoms with Crippen molar-refractivity contribution < 1.29 is 4.79 Å². The first-order valence-electron chi connectivity index (χ1n) is 6.58. The molecule has 1 rings (SSSR count). The number of carbonyl (C=O) groups is 1. The van der Waals surface area contributed by atoms with Crippen LogP contribution in [0, 0.1) is 11.3 Å². The number of nitrogens with one attached hydrogen (secondary N) is 1. The Balaban J connectivity index is 2.66. The molecular formula is C13H23N3O. The summed E-state index contributed by atoms with van der Waals surface area (Å²) in [6, 6.07) is 2.21. The van der Waals surface area contributed by atoms with E-state index in [1.54, 1.807) is 11.9 Å². The second-order valence-corrected chi connectivity index (χ2v) is 4.91. The van der Waals surface area contributed by atoms with E-state index < -0.39 is 5.54 Å². The maximum Gasteiger partial charge on any atom is 0.318 e. The second-order valence-electron chi connectivity index (χ2n) is 4.91. The van der Waals surface area contributed by atoms with E-state index in [0.717, 1.165) is 25.7 Å². The fourth-order valence-corrected chi connectivity index (χ4v) is 2.22. The quantitative estimate of drug-likeness (QED) is 0.802. The van der Waals surface area contributed by atoms with Crippen molar-refractivity contribution in [3.63, 3.8) is 0 Å². The highest BCUT2D eigenvalue weighted by molar-refractivity contribution is 5.75. The molecule has 4 heteroatoms. The van der Waals surface area contributed by atoms with Gasteiger partial charge in [0, 0.05) is 13.6 Å². The Labute approximate surface area is 104 Å². The van der Waals surface area contributed by atoms with Crippen molar-refractivity contribution in [3.8, 4) is 6.07 Å². The number of hydrogen-bond acceptors (Lipinski definition) is 2. The van der Waals surface area contributed by atoms with Gasteiger partial charge in [-0.2, -0.15) is 5.26 Å². The summed E-state index contributed by atoms with van der Waals surface area (Å²) in [5.41, 5.74) is -0.638. The van der Waals surface area contributed by atoms with Gasteiger partial charge in [0.05, 0.1) is 6.07 Å². The van der Waals surface area contributed by atoms with Crippen LogP contribution >= 0.6 is 0 Å². The molecule has 0 atom stereocenters. The number of rotatable bonds is 2. The molecule has 96 valence electrons. The lowest BCUT2D eigenvalue weighted by molar-refractivity contribution is 0.196. The smallest absolute Gasteiger partial charge is 0.318 e. The molecule has 1 saturated carbocycles. The molecule has 17 heavy (non-hydrogen) atoms. The zero-order chi connectivity index (χ0) is 12.7. The van der Waals surface area contributed by atoms with Crippen LogP contribution in [0.15, 0.2) is 0 Å². The van der Waals surface area contributed by atoms with Crippen LogP contribution in [-0.4, -0.2) is 30.1 Å². The monoisotopic (exact) mass is 237 g/mol. The summed E-state index contributed by atoms with van der Waals surface area (Å²) >= 11 is 0. The predicted octanol–water partition coefficient (Wildman–Crippen LogP) is 2.65. The minimum atomic E-state index is -0.638. The topological polar surface area (TPSA) is 56.1 Å². The van der Waals surface area contributed by atoms with Crippen LogP contribution in [0.4, 0.5) is 4.79 Å². The van der Waals surface area contributed by atoms with E-state index in [9.17, 15) is 10.1 Å². The van der Waals surface area contributed by atoms with Crippen LogP contribution in [0.1, 0.15) is 51.9 Å². The highest BCUT2D eigenvalue weighted by Crippen LogP contribution is 2.26. The summed E-state index contributed by atoms with van der Waals surface area (Å²) < 4.78 is 0. The number of hydrogen-bond donors (Lipinski definition) is 1. The van der Waals surface area contributed by atoms with E-state index in [-0.39, 0.29) is 6.03 Å². The predicted molar refractivity (Wildman–Crippen MR) is 67.5 cm³/mol. The molecule has 0 spiro atoms. The SMILES string of the molecule is CCN(C)C(=O)NC1(C#N)CCCCCCC1.